The molecule has 0 spiro atoms. The maximum absolute atomic E-state index is 5.02. The molecule has 5 heteroatoms. The Hall–Kier alpha value is -1.49. The SMILES string of the molecule is Cc1cnccc1-c1nc(=S)n(C)[nH]1. The van der Waals surface area contributed by atoms with Crippen molar-refractivity contribution in [3.8, 4) is 11.4 Å². The lowest BCUT2D eigenvalue weighted by molar-refractivity contribution is 0.756. The van der Waals surface area contributed by atoms with Crippen LogP contribution in [0.25, 0.3) is 11.4 Å². The van der Waals surface area contributed by atoms with Crippen molar-refractivity contribution < 1.29 is 0 Å². The third-order valence-corrected chi connectivity index (χ3v) is 2.41. The highest BCUT2D eigenvalue weighted by Crippen LogP contribution is 2.17. The van der Waals surface area contributed by atoms with Gasteiger partial charge in [0.2, 0.25) is 4.77 Å². The lowest BCUT2D eigenvalue weighted by Crippen LogP contribution is -1.90. The van der Waals surface area contributed by atoms with Crippen molar-refractivity contribution in [1.29, 1.82) is 0 Å². The number of hydrogen-bond donors (Lipinski definition) is 1. The molecule has 0 fully saturated rings. The number of nitrogens with zero attached hydrogens (tertiary/aromatic N) is 3. The van der Waals surface area contributed by atoms with Gasteiger partial charge in [0.15, 0.2) is 5.82 Å². The molecule has 2 aromatic rings. The molecule has 72 valence electrons. The quantitative estimate of drug-likeness (QED) is 0.724. The monoisotopic (exact) mass is 206 g/mol. The van der Waals surface area contributed by atoms with Crippen LogP contribution >= 0.6 is 12.2 Å². The van der Waals surface area contributed by atoms with Crippen molar-refractivity contribution in [1.82, 2.24) is 19.7 Å². The fourth-order valence-corrected chi connectivity index (χ4v) is 1.40. The number of H-pyrrole nitrogens is 1. The van der Waals surface area contributed by atoms with E-state index in [1.807, 2.05) is 20.0 Å². The number of hydrogen-bond acceptors (Lipinski definition) is 3. The van der Waals surface area contributed by atoms with E-state index in [2.05, 4.69) is 15.1 Å². The van der Waals surface area contributed by atoms with Crippen molar-refractivity contribution in [2.45, 2.75) is 6.92 Å². The summed E-state index contributed by atoms with van der Waals surface area (Å²) < 4.78 is 2.26. The van der Waals surface area contributed by atoms with Gasteiger partial charge in [-0.15, -0.1) is 0 Å². The molecule has 0 radical (unpaired) electrons. The van der Waals surface area contributed by atoms with Crippen LogP contribution in [0.1, 0.15) is 5.56 Å². The van der Waals surface area contributed by atoms with Crippen LogP contribution in [0.4, 0.5) is 0 Å². The van der Waals surface area contributed by atoms with Gasteiger partial charge >= 0.3 is 0 Å². The van der Waals surface area contributed by atoms with Crippen molar-refractivity contribution in [3.63, 3.8) is 0 Å². The summed E-state index contributed by atoms with van der Waals surface area (Å²) in [5.41, 5.74) is 2.11. The molecule has 0 unspecified atom stereocenters. The molecule has 0 saturated heterocycles. The lowest BCUT2D eigenvalue weighted by Gasteiger charge is -1.99. The number of aromatic amines is 1. The third kappa shape index (κ3) is 1.46. The van der Waals surface area contributed by atoms with Gasteiger partial charge in [-0.05, 0) is 30.8 Å². The number of rotatable bonds is 1. The zero-order valence-electron chi connectivity index (χ0n) is 7.98. The summed E-state index contributed by atoms with van der Waals surface area (Å²) in [5, 5.41) is 3.08. The summed E-state index contributed by atoms with van der Waals surface area (Å²) in [7, 11) is 1.84. The smallest absolute Gasteiger partial charge is 0.216 e. The summed E-state index contributed by atoms with van der Waals surface area (Å²) in [6.07, 6.45) is 3.55. The normalized spacial score (nSPS) is 10.4. The molecule has 2 aromatic heterocycles. The first-order chi connectivity index (χ1) is 6.68. The molecule has 0 saturated carbocycles. The van der Waals surface area contributed by atoms with Crippen LogP contribution in [-0.4, -0.2) is 19.7 Å². The highest BCUT2D eigenvalue weighted by atomic mass is 32.1. The third-order valence-electron chi connectivity index (χ3n) is 2.04. The van der Waals surface area contributed by atoms with Crippen LogP contribution < -0.4 is 0 Å². The number of pyridine rings is 1. The van der Waals surface area contributed by atoms with Gasteiger partial charge in [0, 0.05) is 25.0 Å². The van der Waals surface area contributed by atoms with Crippen LogP contribution in [-0.2, 0) is 7.05 Å². The maximum atomic E-state index is 5.02. The first-order valence-corrected chi connectivity index (χ1v) is 4.63. The fraction of sp³-hybridized carbons (Fsp3) is 0.222. The van der Waals surface area contributed by atoms with Crippen molar-refractivity contribution >= 4 is 12.2 Å². The summed E-state index contributed by atoms with van der Waals surface area (Å²) in [4.78, 5) is 8.26. The molecule has 0 atom stereocenters. The topological polar surface area (TPSA) is 46.5 Å². The van der Waals surface area contributed by atoms with Crippen LogP contribution in [0.5, 0.6) is 0 Å². The van der Waals surface area contributed by atoms with E-state index >= 15 is 0 Å². The summed E-state index contributed by atoms with van der Waals surface area (Å²) in [5.74, 6) is 0.789. The van der Waals surface area contributed by atoms with Crippen molar-refractivity contribution in [3.05, 3.63) is 28.8 Å². The van der Waals surface area contributed by atoms with E-state index in [1.54, 1.807) is 17.1 Å². The first kappa shape index (κ1) is 9.08. The van der Waals surface area contributed by atoms with Gasteiger partial charge in [0.1, 0.15) is 0 Å². The van der Waals surface area contributed by atoms with Gasteiger partial charge in [-0.25, -0.2) is 0 Å². The largest absolute Gasteiger partial charge is 0.279 e. The molecule has 0 amide bonds. The molecule has 14 heavy (non-hydrogen) atoms. The lowest BCUT2D eigenvalue weighted by atomic mass is 10.1. The highest BCUT2D eigenvalue weighted by Gasteiger charge is 2.05. The van der Waals surface area contributed by atoms with E-state index in [0.29, 0.717) is 4.77 Å². The number of aryl methyl sites for hydroxylation is 2. The van der Waals surface area contributed by atoms with Gasteiger partial charge in [-0.3, -0.25) is 14.8 Å². The minimum atomic E-state index is 0.552. The zero-order chi connectivity index (χ0) is 10.1. The Morgan fingerprint density at radius 3 is 2.86 bits per heavy atom. The summed E-state index contributed by atoms with van der Waals surface area (Å²) >= 11 is 5.02. The Kier molecular flexibility index (Phi) is 2.17. The molecule has 2 heterocycles. The second-order valence-corrected chi connectivity index (χ2v) is 3.47. The Labute approximate surface area is 86.6 Å². The van der Waals surface area contributed by atoms with E-state index in [-0.39, 0.29) is 0 Å². The molecule has 0 aliphatic rings. The van der Waals surface area contributed by atoms with E-state index in [0.717, 1.165) is 17.0 Å². The predicted molar refractivity (Wildman–Crippen MR) is 56.4 cm³/mol. The minimum absolute atomic E-state index is 0.552. The second kappa shape index (κ2) is 3.34. The van der Waals surface area contributed by atoms with Crippen molar-refractivity contribution in [2.75, 3.05) is 0 Å². The predicted octanol–water partition coefficient (Wildman–Crippen LogP) is 1.85. The Morgan fingerprint density at radius 1 is 1.50 bits per heavy atom. The van der Waals surface area contributed by atoms with E-state index < -0.39 is 0 Å². The Balaban J connectivity index is 2.60. The molecular weight excluding hydrogens is 196 g/mol. The van der Waals surface area contributed by atoms with Gasteiger partial charge in [0.05, 0.1) is 0 Å². The standard InChI is InChI=1S/C9H10N4S/c1-6-5-10-4-3-7(6)8-11-9(14)13(2)12-8/h3-5H,1-2H3,(H,11,12,14). The number of nitrogens with one attached hydrogen (secondary N) is 1. The maximum Gasteiger partial charge on any atom is 0.216 e. The van der Waals surface area contributed by atoms with Gasteiger partial charge in [0.25, 0.3) is 0 Å². The molecular formula is C9H10N4S. The fourth-order valence-electron chi connectivity index (χ4n) is 1.26. The molecule has 0 aliphatic heterocycles. The summed E-state index contributed by atoms with van der Waals surface area (Å²) in [6, 6.07) is 1.92. The minimum Gasteiger partial charge on any atom is -0.279 e. The summed E-state index contributed by atoms with van der Waals surface area (Å²) in [6.45, 7) is 1.99. The first-order valence-electron chi connectivity index (χ1n) is 4.22. The van der Waals surface area contributed by atoms with Crippen LogP contribution in [0.2, 0.25) is 0 Å². The van der Waals surface area contributed by atoms with Crippen LogP contribution in [0, 0.1) is 11.7 Å². The van der Waals surface area contributed by atoms with Crippen LogP contribution in [0.15, 0.2) is 18.5 Å². The second-order valence-electron chi connectivity index (χ2n) is 3.10. The molecule has 4 nitrogen and oxygen atoms in total. The molecule has 0 bridgehead atoms. The Bertz CT molecular complexity index is 512. The highest BCUT2D eigenvalue weighted by molar-refractivity contribution is 7.71. The van der Waals surface area contributed by atoms with E-state index in [9.17, 15) is 0 Å². The average Bonchev–Trinajstić information content (AvgIpc) is 2.48. The van der Waals surface area contributed by atoms with Crippen molar-refractivity contribution in [2.24, 2.45) is 7.05 Å². The Morgan fingerprint density at radius 2 is 2.29 bits per heavy atom. The number of aromatic nitrogens is 4. The van der Waals surface area contributed by atoms with Gasteiger partial charge in [-0.1, -0.05) is 0 Å². The molecule has 0 aromatic carbocycles. The van der Waals surface area contributed by atoms with Crippen LogP contribution in [0.3, 0.4) is 0 Å². The average molecular weight is 206 g/mol. The van der Waals surface area contributed by atoms with E-state index in [1.165, 1.54) is 0 Å². The van der Waals surface area contributed by atoms with Gasteiger partial charge < -0.3 is 0 Å². The van der Waals surface area contributed by atoms with Gasteiger partial charge in [-0.2, -0.15) is 4.98 Å². The molecule has 2 rings (SSSR count). The molecule has 1 N–H and O–H groups in total. The zero-order valence-corrected chi connectivity index (χ0v) is 8.80. The molecule has 0 aliphatic carbocycles. The van der Waals surface area contributed by atoms with E-state index in [4.69, 9.17) is 12.2 Å².